The van der Waals surface area contributed by atoms with E-state index in [0.717, 1.165) is 17.7 Å². The fourth-order valence-electron chi connectivity index (χ4n) is 11.1. The maximum atomic E-state index is 13.6. The first-order valence-electron chi connectivity index (χ1n) is 30.5. The van der Waals surface area contributed by atoms with Crippen LogP contribution in [0.4, 0.5) is 0 Å². The minimum atomic E-state index is -0.958. The zero-order valence-corrected chi connectivity index (χ0v) is 52.7. The van der Waals surface area contributed by atoms with Gasteiger partial charge < -0.3 is 64.8 Å². The van der Waals surface area contributed by atoms with Gasteiger partial charge in [-0.15, -0.1) is 16.6 Å². The molecule has 2 aromatic heterocycles. The van der Waals surface area contributed by atoms with Crippen LogP contribution in [0.1, 0.15) is 111 Å². The molecule has 0 saturated carbocycles. The third-order valence-electron chi connectivity index (χ3n) is 15.8. The largest absolute Gasteiger partial charge is 0.480 e. The van der Waals surface area contributed by atoms with Gasteiger partial charge in [-0.25, -0.2) is 0 Å². The van der Waals surface area contributed by atoms with Gasteiger partial charge in [0.15, 0.2) is 0 Å². The Morgan fingerprint density at radius 3 is 1.45 bits per heavy atom. The second kappa shape index (κ2) is 39.3. The van der Waals surface area contributed by atoms with E-state index in [4.69, 9.17) is 34.8 Å². The molecule has 0 aromatic carbocycles. The second-order valence-electron chi connectivity index (χ2n) is 22.4. The molecule has 2 saturated heterocycles. The van der Waals surface area contributed by atoms with E-state index >= 15 is 0 Å². The molecule has 28 heteroatoms. The van der Waals surface area contributed by atoms with Crippen LogP contribution in [0.5, 0.6) is 0 Å². The van der Waals surface area contributed by atoms with Crippen molar-refractivity contribution in [3.63, 3.8) is 0 Å². The fraction of sp³-hybridized carbons (Fsp3) is 0.717. The number of methoxy groups -OCH3 is 2. The van der Waals surface area contributed by atoms with Gasteiger partial charge in [0.05, 0.1) is 100 Å². The van der Waals surface area contributed by atoms with Gasteiger partial charge >= 0.3 is 11.9 Å². The van der Waals surface area contributed by atoms with E-state index in [9.17, 15) is 43.8 Å². The van der Waals surface area contributed by atoms with E-state index in [0.29, 0.717) is 63.5 Å². The van der Waals surface area contributed by atoms with Gasteiger partial charge in [0.2, 0.25) is 29.5 Å². The molecular formula is C60H97N13O15. The van der Waals surface area contributed by atoms with E-state index in [1.807, 2.05) is 65.8 Å². The zero-order valence-electron chi connectivity index (χ0n) is 52.7. The zero-order chi connectivity index (χ0) is 64.5. The van der Waals surface area contributed by atoms with Crippen molar-refractivity contribution in [2.24, 2.45) is 11.8 Å². The number of carbonyl (C=O) groups excluding carboxylic acids is 5. The molecule has 0 aliphatic carbocycles. The number of aromatic nitrogens is 6. The third-order valence-corrected chi connectivity index (χ3v) is 15.8. The number of ether oxygens (including phenoxy) is 6. The van der Waals surface area contributed by atoms with Crippen LogP contribution < -0.4 is 31.9 Å². The summed E-state index contributed by atoms with van der Waals surface area (Å²) in [4.78, 5) is 92.7. The molecule has 10 atom stereocenters. The Kier molecular flexibility index (Phi) is 33.0. The van der Waals surface area contributed by atoms with E-state index in [1.165, 1.54) is 9.36 Å². The number of carboxylic acids is 2. The molecule has 0 radical (unpaired) electrons. The molecule has 0 unspecified atom stereocenters. The SMILES string of the molecule is C#CCOCCOCCOCCOCCC(=O)N(CC(=O)NCCn1cc(CCC(=O)N[C@H]([C@@H]2N[C@@H](C(=O)O)C[C@H]2/C=C\C)[C@](C)(CCC)OC)nn1)CC(=O)NCCn1cc(CCC(=O)N[C@H]([C@@H]2N[C@@H](C(=O)O)C[C@H]2/C=C\C)[C@](C)(CCC)OC)nn1. The summed E-state index contributed by atoms with van der Waals surface area (Å²) >= 11 is 0. The monoisotopic (exact) mass is 1240 g/mol. The number of carboxylic acid groups (broad SMARTS) is 2. The van der Waals surface area contributed by atoms with E-state index in [-0.39, 0.29) is 108 Å². The number of hydrogen-bond donors (Lipinski definition) is 8. The quantitative estimate of drug-likeness (QED) is 0.0260. The molecule has 88 heavy (non-hydrogen) atoms. The smallest absolute Gasteiger partial charge is 0.320 e. The molecule has 8 N–H and O–H groups in total. The molecule has 0 spiro atoms. The van der Waals surface area contributed by atoms with Crippen molar-refractivity contribution >= 4 is 41.5 Å². The highest BCUT2D eigenvalue weighted by molar-refractivity contribution is 5.89. The first-order chi connectivity index (χ1) is 42.3. The molecule has 2 aliphatic rings. The average Bonchev–Trinajstić information content (AvgIpc) is 1.70. The molecule has 4 rings (SSSR count). The first-order valence-corrected chi connectivity index (χ1v) is 30.5. The van der Waals surface area contributed by atoms with Gasteiger partial charge in [-0.3, -0.25) is 53.6 Å². The lowest BCUT2D eigenvalue weighted by atomic mass is 9.81. The fourth-order valence-corrected chi connectivity index (χ4v) is 11.1. The van der Waals surface area contributed by atoms with Crippen molar-refractivity contribution in [1.29, 1.82) is 0 Å². The number of terminal acetylenes is 1. The lowest BCUT2D eigenvalue weighted by Gasteiger charge is -2.42. The number of allylic oxidation sites excluding steroid dienone is 2. The summed E-state index contributed by atoms with van der Waals surface area (Å²) < 4.78 is 36.8. The summed E-state index contributed by atoms with van der Waals surface area (Å²) in [5.41, 5.74) is -0.524. The second-order valence-corrected chi connectivity index (χ2v) is 22.4. The topological polar surface area (TPSA) is 352 Å². The third kappa shape index (κ3) is 24.7. The molecule has 492 valence electrons. The van der Waals surface area contributed by atoms with Crippen LogP contribution in [0.3, 0.4) is 0 Å². The molecule has 4 heterocycles. The van der Waals surface area contributed by atoms with Crippen molar-refractivity contribution < 1.29 is 72.2 Å². The number of rotatable bonds is 45. The number of nitrogens with zero attached hydrogens (tertiary/aromatic N) is 7. The van der Waals surface area contributed by atoms with Crippen LogP contribution in [0, 0.1) is 24.2 Å². The lowest BCUT2D eigenvalue weighted by Crippen LogP contribution is -2.62. The molecule has 2 aromatic rings. The maximum Gasteiger partial charge on any atom is 0.320 e. The van der Waals surface area contributed by atoms with Gasteiger partial charge in [-0.05, 0) is 65.2 Å². The van der Waals surface area contributed by atoms with Crippen LogP contribution in [0.2, 0.25) is 0 Å². The number of aryl methyl sites for hydroxylation is 2. The van der Waals surface area contributed by atoms with Crippen LogP contribution >= 0.6 is 0 Å². The van der Waals surface area contributed by atoms with E-state index in [1.54, 1.807) is 26.6 Å². The molecule has 2 fully saturated rings. The van der Waals surface area contributed by atoms with Crippen molar-refractivity contribution in [3.8, 4) is 12.3 Å². The normalized spacial score (nSPS) is 20.4. The van der Waals surface area contributed by atoms with Crippen LogP contribution in [-0.2, 0) is 87.9 Å². The Balaban J connectivity index is 1.30. The summed E-state index contributed by atoms with van der Waals surface area (Å²) in [5, 5.41) is 54.8. The summed E-state index contributed by atoms with van der Waals surface area (Å²) in [5.74, 6) is -1.94. The van der Waals surface area contributed by atoms with Crippen LogP contribution in [0.25, 0.3) is 0 Å². The molecule has 0 bridgehead atoms. The van der Waals surface area contributed by atoms with Crippen molar-refractivity contribution in [1.82, 2.24) is 66.8 Å². The average molecular weight is 1240 g/mol. The molecule has 5 amide bonds. The predicted octanol–water partition coefficient (Wildman–Crippen LogP) is 0.980. The van der Waals surface area contributed by atoms with Gasteiger partial charge in [0.25, 0.3) is 0 Å². The summed E-state index contributed by atoms with van der Waals surface area (Å²) in [7, 11) is 3.18. The van der Waals surface area contributed by atoms with Gasteiger partial charge in [-0.1, -0.05) is 67.3 Å². The Hall–Kier alpha value is -6.71. The predicted molar refractivity (Wildman–Crippen MR) is 323 cm³/mol. The number of carbonyl (C=O) groups is 7. The highest BCUT2D eigenvalue weighted by Gasteiger charge is 2.49. The number of aliphatic carboxylic acids is 2. The maximum absolute atomic E-state index is 13.6. The van der Waals surface area contributed by atoms with Gasteiger partial charge in [0, 0.05) is 77.5 Å². The Morgan fingerprint density at radius 2 is 1.08 bits per heavy atom. The number of hydrogen-bond acceptors (Lipinski definition) is 19. The highest BCUT2D eigenvalue weighted by atomic mass is 16.6. The standard InChI is InChI=1S/C60H97N13O15/c1-10-15-42-36-46(57(79)80)63-53(42)55(59(6,83-8)22-12-3)65-48(74)19-17-44-38-72(69-67-44)26-24-61-50(76)40-71(52(78)21-29-86-31-33-88-35-34-87-32-30-85-28-14-5)41-51(77)62-25-27-73-39-45(68-70-73)18-20-49(75)66-56(60(7,84-9)23-13-4)54-43(16-11-2)37-47(64-54)58(81)82/h5,10-11,15-16,38-39,42-43,46-47,53-56,63-64H,12-13,17-37,40-41H2,1-4,6-9H3,(H,61,76)(H,62,77)(H,65,74)(H,66,75)(H,79,80)(H,81,82)/b15-10-,16-11-/t42-,43-,46-,47-,53-,54-,55-,56-,59+,60+/m1/s1. The Morgan fingerprint density at radius 1 is 0.670 bits per heavy atom. The van der Waals surface area contributed by atoms with Crippen LogP contribution in [0.15, 0.2) is 36.7 Å². The minimum Gasteiger partial charge on any atom is -0.480 e. The highest BCUT2D eigenvalue weighted by Crippen LogP contribution is 2.34. The van der Waals surface area contributed by atoms with Crippen molar-refractivity contribution in [2.45, 2.75) is 173 Å². The first kappa shape index (κ1) is 73.8. The van der Waals surface area contributed by atoms with Crippen molar-refractivity contribution in [3.05, 3.63) is 48.1 Å². The summed E-state index contributed by atoms with van der Waals surface area (Å²) in [6.45, 7) is 13.4. The number of amides is 5. The Labute approximate surface area is 517 Å². The van der Waals surface area contributed by atoms with Crippen molar-refractivity contribution in [2.75, 3.05) is 93.3 Å². The number of nitrogens with one attached hydrogen (secondary N) is 6. The van der Waals surface area contributed by atoms with Gasteiger partial charge in [-0.2, -0.15) is 0 Å². The van der Waals surface area contributed by atoms with Gasteiger partial charge in [0.1, 0.15) is 31.8 Å². The Bertz CT molecular complexity index is 2450. The van der Waals surface area contributed by atoms with E-state index in [2.05, 4.69) is 58.4 Å². The van der Waals surface area contributed by atoms with E-state index < -0.39 is 90.2 Å². The summed E-state index contributed by atoms with van der Waals surface area (Å²) in [6.07, 6.45) is 20.2. The molecule has 28 nitrogen and oxygen atoms in total. The molecule has 2 aliphatic heterocycles. The summed E-state index contributed by atoms with van der Waals surface area (Å²) in [6, 6.07) is -3.44. The molecular weight excluding hydrogens is 1140 g/mol. The lowest BCUT2D eigenvalue weighted by molar-refractivity contribution is -0.140. The minimum absolute atomic E-state index is 0.000592. The van der Waals surface area contributed by atoms with Crippen LogP contribution in [-0.4, -0.2) is 227 Å².